The Kier molecular flexibility index (Phi) is 5.16. The molecule has 0 aliphatic carbocycles. The average Bonchev–Trinajstić information content (AvgIpc) is 2.50. The third kappa shape index (κ3) is 4.19. The highest BCUT2D eigenvalue weighted by Crippen LogP contribution is 2.18. The topological polar surface area (TPSA) is 61.5 Å². The highest BCUT2D eigenvalue weighted by molar-refractivity contribution is 7.85. The Morgan fingerprint density at radius 3 is 2.43 bits per heavy atom. The van der Waals surface area contributed by atoms with Crippen molar-refractivity contribution in [1.82, 2.24) is 0 Å². The Bertz CT molecular complexity index is 631. The number of anilines is 1. The smallest absolute Gasteiger partial charge is 0.147 e. The first-order valence-electron chi connectivity index (χ1n) is 6.30. The Balaban J connectivity index is 1.87. The number of methoxy groups -OCH3 is 1. The molecule has 0 aliphatic rings. The van der Waals surface area contributed by atoms with Crippen molar-refractivity contribution in [2.75, 3.05) is 25.2 Å². The van der Waals surface area contributed by atoms with Crippen LogP contribution in [0.5, 0.6) is 11.5 Å². The first kappa shape index (κ1) is 15.3. The normalized spacial score (nSPS) is 11.9. The van der Waals surface area contributed by atoms with Crippen LogP contribution in [0, 0.1) is 5.82 Å². The molecular weight excluding hydrogens is 293 g/mol. The van der Waals surface area contributed by atoms with Crippen LogP contribution in [0.4, 0.5) is 10.1 Å². The second-order valence-corrected chi connectivity index (χ2v) is 5.83. The molecule has 0 spiro atoms. The Labute approximate surface area is 125 Å². The molecule has 2 aromatic carbocycles. The van der Waals surface area contributed by atoms with E-state index < -0.39 is 16.6 Å². The summed E-state index contributed by atoms with van der Waals surface area (Å²) >= 11 is 0. The molecule has 2 N–H and O–H groups in total. The van der Waals surface area contributed by atoms with Crippen LogP contribution in [-0.2, 0) is 10.8 Å². The Hall–Kier alpha value is -2.08. The van der Waals surface area contributed by atoms with E-state index in [9.17, 15) is 8.60 Å². The summed E-state index contributed by atoms with van der Waals surface area (Å²) < 4.78 is 35.8. The quantitative estimate of drug-likeness (QED) is 0.833. The molecule has 1 atom stereocenters. The summed E-state index contributed by atoms with van der Waals surface area (Å²) in [6, 6.07) is 11.3. The van der Waals surface area contributed by atoms with Gasteiger partial charge in [-0.2, -0.15) is 0 Å². The zero-order valence-corrected chi connectivity index (χ0v) is 12.4. The minimum absolute atomic E-state index is 0.0465. The monoisotopic (exact) mass is 309 g/mol. The van der Waals surface area contributed by atoms with Crippen molar-refractivity contribution >= 4 is 16.5 Å². The number of ether oxygens (including phenoxy) is 2. The molecule has 0 bridgehead atoms. The van der Waals surface area contributed by atoms with Gasteiger partial charge < -0.3 is 15.2 Å². The van der Waals surface area contributed by atoms with E-state index in [0.29, 0.717) is 10.6 Å². The number of hydrogen-bond donors (Lipinski definition) is 1. The third-order valence-corrected chi connectivity index (χ3v) is 4.15. The van der Waals surface area contributed by atoms with Gasteiger partial charge in [0.2, 0.25) is 0 Å². The largest absolute Gasteiger partial charge is 0.497 e. The van der Waals surface area contributed by atoms with Gasteiger partial charge in [-0.05, 0) is 42.5 Å². The Morgan fingerprint density at radius 2 is 1.81 bits per heavy atom. The Morgan fingerprint density at radius 1 is 1.14 bits per heavy atom. The summed E-state index contributed by atoms with van der Waals surface area (Å²) in [5.74, 6) is 1.12. The average molecular weight is 309 g/mol. The van der Waals surface area contributed by atoms with Gasteiger partial charge in [0.05, 0.1) is 29.3 Å². The summed E-state index contributed by atoms with van der Waals surface area (Å²) in [7, 11) is 0.261. The highest BCUT2D eigenvalue weighted by Gasteiger charge is 2.07. The number of hydrogen-bond acceptors (Lipinski definition) is 4. The van der Waals surface area contributed by atoms with Crippen molar-refractivity contribution in [3.8, 4) is 11.5 Å². The number of nitrogens with two attached hydrogens (primary N) is 1. The summed E-state index contributed by atoms with van der Waals surface area (Å²) in [5, 5.41) is 0. The van der Waals surface area contributed by atoms with Gasteiger partial charge in [-0.25, -0.2) is 4.39 Å². The maximum absolute atomic E-state index is 13.3. The molecule has 0 heterocycles. The van der Waals surface area contributed by atoms with Gasteiger partial charge in [-0.1, -0.05) is 0 Å². The fourth-order valence-corrected chi connectivity index (χ4v) is 2.60. The van der Waals surface area contributed by atoms with Crippen LogP contribution < -0.4 is 15.2 Å². The van der Waals surface area contributed by atoms with Crippen LogP contribution in [0.3, 0.4) is 0 Å². The molecule has 112 valence electrons. The molecule has 21 heavy (non-hydrogen) atoms. The zero-order chi connectivity index (χ0) is 15.2. The SMILES string of the molecule is COc1ccc(OCCS(=O)c2ccc(N)c(F)c2)cc1. The highest BCUT2D eigenvalue weighted by atomic mass is 32.2. The molecule has 2 rings (SSSR count). The second-order valence-electron chi connectivity index (χ2n) is 4.26. The number of halogens is 1. The molecule has 0 fully saturated rings. The van der Waals surface area contributed by atoms with E-state index >= 15 is 0 Å². The summed E-state index contributed by atoms with van der Waals surface area (Å²) in [4.78, 5) is 0.403. The molecular formula is C15H16FNO3S. The zero-order valence-electron chi connectivity index (χ0n) is 11.5. The lowest BCUT2D eigenvalue weighted by Gasteiger charge is -2.07. The minimum atomic E-state index is -1.33. The van der Waals surface area contributed by atoms with Gasteiger partial charge >= 0.3 is 0 Å². The van der Waals surface area contributed by atoms with E-state index in [-0.39, 0.29) is 18.0 Å². The molecule has 0 aromatic heterocycles. The van der Waals surface area contributed by atoms with Crippen LogP contribution in [-0.4, -0.2) is 23.7 Å². The third-order valence-electron chi connectivity index (χ3n) is 2.83. The van der Waals surface area contributed by atoms with Gasteiger partial charge in [0.1, 0.15) is 23.9 Å². The van der Waals surface area contributed by atoms with Gasteiger partial charge in [0.15, 0.2) is 0 Å². The fourth-order valence-electron chi connectivity index (χ4n) is 1.67. The van der Waals surface area contributed by atoms with Gasteiger partial charge in [0.25, 0.3) is 0 Å². The van der Waals surface area contributed by atoms with E-state index in [4.69, 9.17) is 15.2 Å². The van der Waals surface area contributed by atoms with Crippen LogP contribution in [0.1, 0.15) is 0 Å². The van der Waals surface area contributed by atoms with Crippen LogP contribution in [0.2, 0.25) is 0 Å². The summed E-state index contributed by atoms with van der Waals surface area (Å²) in [6.07, 6.45) is 0. The molecule has 1 unspecified atom stereocenters. The van der Waals surface area contributed by atoms with E-state index in [1.165, 1.54) is 12.1 Å². The lowest BCUT2D eigenvalue weighted by molar-refractivity contribution is 0.341. The number of benzene rings is 2. The first-order chi connectivity index (χ1) is 10.1. The molecule has 0 amide bonds. The van der Waals surface area contributed by atoms with Crippen molar-refractivity contribution in [3.63, 3.8) is 0 Å². The summed E-state index contributed by atoms with van der Waals surface area (Å²) in [5.41, 5.74) is 5.43. The molecule has 0 saturated heterocycles. The molecule has 4 nitrogen and oxygen atoms in total. The maximum atomic E-state index is 13.3. The predicted octanol–water partition coefficient (Wildman–Crippen LogP) is 2.60. The molecule has 0 aliphatic heterocycles. The van der Waals surface area contributed by atoms with Gasteiger partial charge in [0, 0.05) is 4.90 Å². The van der Waals surface area contributed by atoms with Crippen molar-refractivity contribution in [2.45, 2.75) is 4.90 Å². The lowest BCUT2D eigenvalue weighted by Crippen LogP contribution is -2.09. The van der Waals surface area contributed by atoms with Crippen LogP contribution in [0.15, 0.2) is 47.4 Å². The van der Waals surface area contributed by atoms with Gasteiger partial charge in [-0.15, -0.1) is 0 Å². The first-order valence-corrected chi connectivity index (χ1v) is 7.62. The van der Waals surface area contributed by atoms with Crippen LogP contribution >= 0.6 is 0 Å². The van der Waals surface area contributed by atoms with Crippen LogP contribution in [0.25, 0.3) is 0 Å². The molecule has 2 aromatic rings. The van der Waals surface area contributed by atoms with E-state index in [0.717, 1.165) is 5.75 Å². The minimum Gasteiger partial charge on any atom is -0.497 e. The van der Waals surface area contributed by atoms with Crippen molar-refractivity contribution in [3.05, 3.63) is 48.3 Å². The van der Waals surface area contributed by atoms with E-state index in [1.807, 2.05) is 0 Å². The molecule has 0 saturated carbocycles. The van der Waals surface area contributed by atoms with Crippen molar-refractivity contribution in [2.24, 2.45) is 0 Å². The molecule has 0 radical (unpaired) electrons. The number of rotatable bonds is 6. The maximum Gasteiger partial charge on any atom is 0.147 e. The standard InChI is InChI=1S/C15H16FNO3S/c1-19-11-2-4-12(5-3-11)20-8-9-21(18)13-6-7-15(17)14(16)10-13/h2-7,10H,8-9,17H2,1H3. The number of nitrogen functional groups attached to an aromatic ring is 1. The second kappa shape index (κ2) is 7.08. The predicted molar refractivity (Wildman–Crippen MR) is 80.6 cm³/mol. The van der Waals surface area contributed by atoms with Crippen molar-refractivity contribution < 1.29 is 18.1 Å². The summed E-state index contributed by atoms with van der Waals surface area (Å²) in [6.45, 7) is 0.269. The van der Waals surface area contributed by atoms with E-state index in [2.05, 4.69) is 0 Å². The van der Waals surface area contributed by atoms with E-state index in [1.54, 1.807) is 37.4 Å². The van der Waals surface area contributed by atoms with Gasteiger partial charge in [-0.3, -0.25) is 4.21 Å². The fraction of sp³-hybridized carbons (Fsp3) is 0.200. The van der Waals surface area contributed by atoms with Crippen molar-refractivity contribution in [1.29, 1.82) is 0 Å². The lowest BCUT2D eigenvalue weighted by atomic mass is 10.3. The molecule has 6 heteroatoms.